The zero-order valence-corrected chi connectivity index (χ0v) is 92.3. The van der Waals surface area contributed by atoms with Gasteiger partial charge in [-0.3, -0.25) is 0 Å². The maximum absolute atomic E-state index is 12.7. The highest BCUT2D eigenvalue weighted by Crippen LogP contribution is 2.40. The van der Waals surface area contributed by atoms with Crippen LogP contribution in [0.3, 0.4) is 0 Å². The van der Waals surface area contributed by atoms with Crippen LogP contribution in [0.25, 0.3) is 0 Å². The third kappa shape index (κ3) is 35.8. The molecule has 7 aromatic rings. The molecule has 7 fully saturated rings. The van der Waals surface area contributed by atoms with Gasteiger partial charge in [0, 0.05) is 47.5 Å². The Labute approximate surface area is 861 Å². The lowest BCUT2D eigenvalue weighted by Crippen LogP contribution is -2.43. The molecule has 0 atom stereocenters. The molecule has 7 aromatic carbocycles. The van der Waals surface area contributed by atoms with E-state index in [2.05, 4.69) is 43.3 Å². The van der Waals surface area contributed by atoms with Gasteiger partial charge in [-0.25, -0.2) is 33.6 Å². The number of carbonyl (C=O) groups is 7. The van der Waals surface area contributed by atoms with Crippen molar-refractivity contribution < 1.29 is 85.7 Å². The van der Waals surface area contributed by atoms with Crippen LogP contribution in [-0.4, -0.2) is 201 Å². The van der Waals surface area contributed by atoms with E-state index in [1.165, 1.54) is 14.2 Å². The van der Waals surface area contributed by atoms with Gasteiger partial charge in [0.1, 0.15) is 67.8 Å². The first-order chi connectivity index (χ1) is 68.0. The van der Waals surface area contributed by atoms with Crippen molar-refractivity contribution in [2.75, 3.05) is 120 Å². The molecule has 7 saturated heterocycles. The van der Waals surface area contributed by atoms with Crippen LogP contribution in [0.4, 0.5) is 0 Å². The van der Waals surface area contributed by atoms with E-state index < -0.39 is 45.2 Å². The Morgan fingerprint density at radius 3 is 0.826 bits per heavy atom. The van der Waals surface area contributed by atoms with Crippen molar-refractivity contribution >= 4 is 41.8 Å². The van der Waals surface area contributed by atoms with Crippen LogP contribution in [0.1, 0.15) is 315 Å². The van der Waals surface area contributed by atoms with Crippen LogP contribution in [0.15, 0.2) is 127 Å². The van der Waals surface area contributed by atoms with Gasteiger partial charge in [0.2, 0.25) is 0 Å². The molecular formula is C119H175N7O18. The Bertz CT molecular complexity index is 5180. The summed E-state index contributed by atoms with van der Waals surface area (Å²) in [4.78, 5) is 87.3. The van der Waals surface area contributed by atoms with Gasteiger partial charge in [-0.15, -0.1) is 0 Å². The van der Waals surface area contributed by atoms with Crippen LogP contribution >= 0.6 is 0 Å². The number of aryl methyl sites for hydroxylation is 9. The van der Waals surface area contributed by atoms with Gasteiger partial charge in [-0.1, -0.05) is 89.0 Å². The number of carbonyl (C=O) groups excluding carboxylic acids is 7. The fourth-order valence-corrected chi connectivity index (χ4v) is 20.4. The third-order valence-electron chi connectivity index (χ3n) is 30.1. The van der Waals surface area contributed by atoms with E-state index in [0.29, 0.717) is 97.8 Å². The van der Waals surface area contributed by atoms with E-state index in [1.54, 1.807) is 50.6 Å². The fraction of sp³-hybridized carbons (Fsp3) is 0.588. The summed E-state index contributed by atoms with van der Waals surface area (Å²) in [7, 11) is 6.18. The van der Waals surface area contributed by atoms with Gasteiger partial charge in [0.05, 0.1) is 61.8 Å². The summed E-state index contributed by atoms with van der Waals surface area (Å²) in [5, 5.41) is 23.4. The summed E-state index contributed by atoms with van der Waals surface area (Å²) in [6, 6.07) is 39.6. The number of benzene rings is 7. The Hall–Kier alpha value is -10.3. The van der Waals surface area contributed by atoms with Crippen molar-refractivity contribution in [2.24, 2.45) is 41.4 Å². The van der Waals surface area contributed by atoms with Crippen LogP contribution in [0, 0.1) is 111 Å². The molecule has 0 radical (unpaired) electrons. The Morgan fingerprint density at radius 2 is 0.500 bits per heavy atom. The summed E-state index contributed by atoms with van der Waals surface area (Å²) < 4.78 is 61.7. The molecule has 0 aliphatic carbocycles. The monoisotopic (exact) mass is 1990 g/mol. The number of methoxy groups -OCH3 is 4. The largest absolute Gasteiger partial charge is 0.497 e. The summed E-state index contributed by atoms with van der Waals surface area (Å²) in [6.45, 7) is 62.1. The maximum Gasteiger partial charge on any atom is 0.346 e. The molecule has 7 N–H and O–H groups in total. The van der Waals surface area contributed by atoms with E-state index in [9.17, 15) is 33.6 Å². The van der Waals surface area contributed by atoms with E-state index >= 15 is 0 Å². The van der Waals surface area contributed by atoms with Crippen LogP contribution in [0.2, 0.25) is 0 Å². The fourth-order valence-electron chi connectivity index (χ4n) is 20.4. The average molecular weight is 1990 g/mol. The number of ether oxygens (including phenoxy) is 11. The zero-order valence-electron chi connectivity index (χ0n) is 92.3. The molecule has 0 aromatic heterocycles. The quantitative estimate of drug-likeness (QED) is 0.0207. The molecule has 7 aliphatic heterocycles. The molecule has 0 spiro atoms. The van der Waals surface area contributed by atoms with Crippen molar-refractivity contribution in [2.45, 2.75) is 295 Å². The minimum Gasteiger partial charge on any atom is -0.497 e. The number of esters is 7. The lowest BCUT2D eigenvalue weighted by Gasteiger charge is -2.37. The predicted molar refractivity (Wildman–Crippen MR) is 574 cm³/mol. The standard InChI is InChI=1S/2C17H25NO4.5C17H25NO2/c1-17(2,13-5-7-18-8-6-13)22-16(19)12-9-14(20-3)11-15(10-12)21-4;1-17(2,12-8-10-18-11-9-12)22-16(19)15-13(20-3)6-5-7-14(15)21-4;1-12-9-13(2)11-14(10-12)16(19)20-17(3,4)15-5-7-18-8-6-15;1-12-5-6-15(13(2)11-12)16(19)20-17(3,4)14-7-9-18-10-8-14;1-12-5-6-13(2)15(11-12)16(19)20-17(3,4)14-7-9-18-10-8-14;1-12-6-5-7-15(13(12)2)16(19)20-17(3,4)14-8-10-18-11-9-14;1-12-6-5-7-13(2)15(12)16(19)20-17(3,4)14-8-10-18-11-9-14/h9-11,13,18H,5-8H2,1-4H3;5-7,12,18H,8-11H2,1-4H3;9-11,15,18H,5-8H2,1-4H3;2*5-6,11,14,18H,7-10H2,1-4H3;2*5-7,14,18H,8-11H2,1-4H3. The molecular weight excluding hydrogens is 1820 g/mol. The first kappa shape index (κ1) is 119. The summed E-state index contributed by atoms with van der Waals surface area (Å²) in [5.74, 6) is 3.18. The molecule has 14 rings (SSSR count). The smallest absolute Gasteiger partial charge is 0.346 e. The lowest BCUT2D eigenvalue weighted by atomic mass is 9.83. The van der Waals surface area contributed by atoms with Crippen molar-refractivity contribution in [1.82, 2.24) is 37.2 Å². The van der Waals surface area contributed by atoms with Crippen LogP contribution in [-0.2, 0) is 33.2 Å². The summed E-state index contributed by atoms with van der Waals surface area (Å²) in [6.07, 6.45) is 14.7. The molecule has 0 bridgehead atoms. The van der Waals surface area contributed by atoms with Gasteiger partial charge < -0.3 is 89.3 Å². The first-order valence-electron chi connectivity index (χ1n) is 52.3. The maximum atomic E-state index is 12.7. The molecule has 25 heteroatoms. The van der Waals surface area contributed by atoms with E-state index in [1.807, 2.05) is 251 Å². The first-order valence-corrected chi connectivity index (χ1v) is 52.3. The van der Waals surface area contributed by atoms with Gasteiger partial charge in [-0.05, 0) is 436 Å². The number of piperidine rings is 7. The van der Waals surface area contributed by atoms with E-state index in [0.717, 1.165) is 243 Å². The minimum atomic E-state index is -0.523. The molecule has 7 heterocycles. The highest BCUT2D eigenvalue weighted by Gasteiger charge is 2.43. The van der Waals surface area contributed by atoms with Crippen molar-refractivity contribution in [3.8, 4) is 23.0 Å². The molecule has 0 amide bonds. The molecule has 0 saturated carbocycles. The normalized spacial score (nSPS) is 16.8. The van der Waals surface area contributed by atoms with Gasteiger partial charge >= 0.3 is 41.8 Å². The zero-order chi connectivity index (χ0) is 106. The Balaban J connectivity index is 0.000000205. The number of nitrogens with one attached hydrogen (secondary N) is 7. The second-order valence-corrected chi connectivity index (χ2v) is 43.8. The van der Waals surface area contributed by atoms with Gasteiger partial charge in [0.15, 0.2) is 0 Å². The second kappa shape index (κ2) is 55.5. The van der Waals surface area contributed by atoms with Crippen LogP contribution < -0.4 is 56.2 Å². The SMILES string of the molecule is COc1cc(OC)cc(C(=O)OC(C)(C)C2CCNCC2)c1.COc1cccc(OC)c1C(=O)OC(C)(C)C1CCNCC1.Cc1cc(C)cc(C(=O)OC(C)(C)C2CCNCC2)c1.Cc1ccc(C(=O)OC(C)(C)C2CCNCC2)c(C)c1.Cc1ccc(C)c(C(=O)OC(C)(C)C2CCNCC2)c1.Cc1cccc(C(=O)OC(C)(C)C2CCNCC2)c1C.Cc1cccc(C)c1C(=O)OC(C)(C)C1CCNCC1. The van der Waals surface area contributed by atoms with Crippen molar-refractivity contribution in [1.29, 1.82) is 0 Å². The van der Waals surface area contributed by atoms with Crippen LogP contribution in [0.5, 0.6) is 23.0 Å². The number of rotatable bonds is 25. The lowest BCUT2D eigenvalue weighted by molar-refractivity contribution is -0.0380. The Morgan fingerprint density at radius 1 is 0.229 bits per heavy atom. The third-order valence-corrected chi connectivity index (χ3v) is 30.1. The molecule has 7 aliphatic rings. The molecule has 144 heavy (non-hydrogen) atoms. The second-order valence-electron chi connectivity index (χ2n) is 43.8. The topological polar surface area (TPSA) is 305 Å². The van der Waals surface area contributed by atoms with Crippen molar-refractivity contribution in [3.05, 3.63) is 222 Å². The van der Waals surface area contributed by atoms with Crippen molar-refractivity contribution in [3.63, 3.8) is 0 Å². The summed E-state index contributed by atoms with van der Waals surface area (Å²) in [5.41, 5.74) is 11.7. The number of hydrogen-bond acceptors (Lipinski definition) is 25. The van der Waals surface area contributed by atoms with Gasteiger partial charge in [0.25, 0.3) is 0 Å². The van der Waals surface area contributed by atoms with E-state index in [4.69, 9.17) is 52.1 Å². The molecule has 0 unspecified atom stereocenters. The number of hydrogen-bond donors (Lipinski definition) is 7. The average Bonchev–Trinajstić information content (AvgIpc) is 0.796. The highest BCUT2D eigenvalue weighted by atomic mass is 16.6. The molecule has 25 nitrogen and oxygen atoms in total. The summed E-state index contributed by atoms with van der Waals surface area (Å²) >= 11 is 0. The Kier molecular flexibility index (Phi) is 45.9. The molecule has 794 valence electrons. The highest BCUT2D eigenvalue weighted by molar-refractivity contribution is 5.97. The van der Waals surface area contributed by atoms with E-state index in [-0.39, 0.29) is 35.8 Å². The van der Waals surface area contributed by atoms with Gasteiger partial charge in [-0.2, -0.15) is 0 Å². The predicted octanol–water partition coefficient (Wildman–Crippen LogP) is 21.5. The minimum absolute atomic E-state index is 0.191.